The number of hydrogen-bond donors (Lipinski definition) is 1. The third-order valence-electron chi connectivity index (χ3n) is 3.30. The molecule has 1 aromatic rings. The summed E-state index contributed by atoms with van der Waals surface area (Å²) < 4.78 is 35.9. The van der Waals surface area contributed by atoms with Crippen molar-refractivity contribution in [2.45, 2.75) is 13.0 Å². The van der Waals surface area contributed by atoms with E-state index >= 15 is 0 Å². The fourth-order valence-corrected chi connectivity index (χ4v) is 4.12. The predicted octanol–water partition coefficient (Wildman–Crippen LogP) is 1.26. The van der Waals surface area contributed by atoms with Crippen LogP contribution in [-0.2, 0) is 16.4 Å². The Hall–Kier alpha value is -1.54. The molecule has 1 aliphatic rings. The fraction of sp³-hybridized carbons (Fsp3) is 0.500. The van der Waals surface area contributed by atoms with Crippen LogP contribution in [0.5, 0.6) is 0 Å². The normalized spacial score (nSPS) is 20.9. The maximum Gasteiger partial charge on any atom is 0.304 e. The van der Waals surface area contributed by atoms with Crippen LogP contribution < -0.4 is 5.32 Å². The van der Waals surface area contributed by atoms with E-state index in [1.165, 1.54) is 6.07 Å². The van der Waals surface area contributed by atoms with Crippen LogP contribution in [0.1, 0.15) is 12.0 Å². The topological polar surface area (TPSA) is 89.3 Å². The van der Waals surface area contributed by atoms with Crippen LogP contribution in [0.3, 0.4) is 0 Å². The van der Waals surface area contributed by atoms with Crippen LogP contribution >= 0.6 is 0 Å². The molecular weight excluding hydrogens is 287 g/mol. The van der Waals surface area contributed by atoms with Gasteiger partial charge in [-0.2, -0.15) is 4.39 Å². The molecule has 1 atom stereocenters. The van der Waals surface area contributed by atoms with Crippen molar-refractivity contribution >= 4 is 15.5 Å². The largest absolute Gasteiger partial charge is 0.312 e. The predicted molar refractivity (Wildman–Crippen MR) is 71.5 cm³/mol. The monoisotopic (exact) mass is 302 g/mol. The highest BCUT2D eigenvalue weighted by molar-refractivity contribution is 7.91. The summed E-state index contributed by atoms with van der Waals surface area (Å²) in [6.45, 7) is 0.892. The Bertz CT molecular complexity index is 618. The summed E-state index contributed by atoms with van der Waals surface area (Å²) in [6.07, 6.45) is 0.643. The second kappa shape index (κ2) is 5.84. The van der Waals surface area contributed by atoms with Gasteiger partial charge in [-0.05, 0) is 30.5 Å². The molecule has 1 aliphatic heterocycles. The maximum atomic E-state index is 13.4. The van der Waals surface area contributed by atoms with Crippen molar-refractivity contribution in [3.05, 3.63) is 39.7 Å². The van der Waals surface area contributed by atoms with Crippen LogP contribution in [0.4, 0.5) is 10.1 Å². The first-order chi connectivity index (χ1) is 9.37. The second-order valence-electron chi connectivity index (χ2n) is 4.94. The molecular formula is C12H15FN2O4S. The lowest BCUT2D eigenvalue weighted by Crippen LogP contribution is -2.23. The maximum absolute atomic E-state index is 13.4. The smallest absolute Gasteiger partial charge is 0.304 e. The number of rotatable bonds is 5. The number of nitrogens with zero attached hydrogens (tertiary/aromatic N) is 1. The van der Waals surface area contributed by atoms with Crippen LogP contribution in [-0.4, -0.2) is 31.4 Å². The van der Waals surface area contributed by atoms with Crippen molar-refractivity contribution in [2.24, 2.45) is 5.92 Å². The molecule has 0 spiro atoms. The van der Waals surface area contributed by atoms with Gasteiger partial charge in [-0.15, -0.1) is 0 Å². The summed E-state index contributed by atoms with van der Waals surface area (Å²) in [7, 11) is -2.89. The van der Waals surface area contributed by atoms with E-state index in [0.29, 0.717) is 25.1 Å². The third kappa shape index (κ3) is 3.73. The third-order valence-corrected chi connectivity index (χ3v) is 5.13. The van der Waals surface area contributed by atoms with E-state index in [-0.39, 0.29) is 17.4 Å². The quantitative estimate of drug-likeness (QED) is 0.653. The number of nitro groups is 1. The molecule has 1 aromatic carbocycles. The van der Waals surface area contributed by atoms with Crippen LogP contribution in [0.25, 0.3) is 0 Å². The average Bonchev–Trinajstić information content (AvgIpc) is 2.68. The number of sulfone groups is 1. The Morgan fingerprint density at radius 3 is 2.75 bits per heavy atom. The SMILES string of the molecule is O=[N+]([O-])c1ccc(CNCC2CCS(=O)(=O)C2)cc1F. The molecule has 8 heteroatoms. The van der Waals surface area contributed by atoms with Crippen molar-refractivity contribution in [2.75, 3.05) is 18.1 Å². The molecule has 0 bridgehead atoms. The van der Waals surface area contributed by atoms with E-state index in [4.69, 9.17) is 0 Å². The first kappa shape index (κ1) is 14.9. The molecule has 0 amide bonds. The molecule has 0 radical (unpaired) electrons. The van der Waals surface area contributed by atoms with Gasteiger partial charge in [0.15, 0.2) is 9.84 Å². The van der Waals surface area contributed by atoms with Gasteiger partial charge in [-0.3, -0.25) is 10.1 Å². The summed E-state index contributed by atoms with van der Waals surface area (Å²) in [5, 5.41) is 13.5. The van der Waals surface area contributed by atoms with Gasteiger partial charge < -0.3 is 5.32 Å². The zero-order chi connectivity index (χ0) is 14.8. The number of benzene rings is 1. The van der Waals surface area contributed by atoms with E-state index < -0.39 is 26.3 Å². The fourth-order valence-electron chi connectivity index (χ4n) is 2.26. The van der Waals surface area contributed by atoms with Crippen LogP contribution in [0.15, 0.2) is 18.2 Å². The lowest BCUT2D eigenvalue weighted by molar-refractivity contribution is -0.387. The average molecular weight is 302 g/mol. The van der Waals surface area contributed by atoms with E-state index in [1.807, 2.05) is 0 Å². The molecule has 0 aliphatic carbocycles. The highest BCUT2D eigenvalue weighted by Gasteiger charge is 2.27. The molecule has 1 N–H and O–H groups in total. The Balaban J connectivity index is 1.86. The van der Waals surface area contributed by atoms with E-state index in [0.717, 1.165) is 12.1 Å². The zero-order valence-electron chi connectivity index (χ0n) is 10.7. The molecule has 2 rings (SSSR count). The number of halogens is 1. The molecule has 20 heavy (non-hydrogen) atoms. The van der Waals surface area contributed by atoms with Gasteiger partial charge >= 0.3 is 5.69 Å². The molecule has 0 aromatic heterocycles. The molecule has 6 nitrogen and oxygen atoms in total. The highest BCUT2D eigenvalue weighted by atomic mass is 32.2. The summed E-state index contributed by atoms with van der Waals surface area (Å²) in [4.78, 5) is 9.71. The molecule has 1 heterocycles. The molecule has 1 saturated heterocycles. The highest BCUT2D eigenvalue weighted by Crippen LogP contribution is 2.19. The number of nitro benzene ring substituents is 1. The van der Waals surface area contributed by atoms with Gasteiger partial charge in [0.25, 0.3) is 0 Å². The van der Waals surface area contributed by atoms with E-state index in [9.17, 15) is 22.9 Å². The van der Waals surface area contributed by atoms with Crippen molar-refractivity contribution < 1.29 is 17.7 Å². The molecule has 110 valence electrons. The van der Waals surface area contributed by atoms with Crippen LogP contribution in [0, 0.1) is 21.8 Å². The molecule has 0 saturated carbocycles. The van der Waals surface area contributed by atoms with E-state index in [2.05, 4.69) is 5.32 Å². The summed E-state index contributed by atoms with van der Waals surface area (Å²) in [6, 6.07) is 3.74. The van der Waals surface area contributed by atoms with Crippen molar-refractivity contribution in [3.8, 4) is 0 Å². The van der Waals surface area contributed by atoms with E-state index in [1.54, 1.807) is 0 Å². The lowest BCUT2D eigenvalue weighted by Gasteiger charge is -2.09. The van der Waals surface area contributed by atoms with Gasteiger partial charge in [0.2, 0.25) is 5.82 Å². The number of hydrogen-bond acceptors (Lipinski definition) is 5. The zero-order valence-corrected chi connectivity index (χ0v) is 11.5. The van der Waals surface area contributed by atoms with Gasteiger partial charge in [0.1, 0.15) is 0 Å². The minimum atomic E-state index is -2.89. The van der Waals surface area contributed by atoms with Crippen molar-refractivity contribution in [3.63, 3.8) is 0 Å². The van der Waals surface area contributed by atoms with Crippen molar-refractivity contribution in [1.82, 2.24) is 5.32 Å². The molecule has 1 unspecified atom stereocenters. The van der Waals surface area contributed by atoms with Gasteiger partial charge in [-0.1, -0.05) is 6.07 Å². The summed E-state index contributed by atoms with van der Waals surface area (Å²) >= 11 is 0. The first-order valence-electron chi connectivity index (χ1n) is 6.21. The first-order valence-corrected chi connectivity index (χ1v) is 8.03. The van der Waals surface area contributed by atoms with Gasteiger partial charge in [-0.25, -0.2) is 8.42 Å². The Labute approximate surface area is 116 Å². The van der Waals surface area contributed by atoms with Crippen molar-refractivity contribution in [1.29, 1.82) is 0 Å². The van der Waals surface area contributed by atoms with Gasteiger partial charge in [0, 0.05) is 12.6 Å². The Morgan fingerprint density at radius 1 is 1.45 bits per heavy atom. The minimum absolute atomic E-state index is 0.0860. The Morgan fingerprint density at radius 2 is 2.20 bits per heavy atom. The lowest BCUT2D eigenvalue weighted by atomic mass is 10.1. The Kier molecular flexibility index (Phi) is 4.34. The number of nitrogens with one attached hydrogen (secondary N) is 1. The summed E-state index contributed by atoms with van der Waals surface area (Å²) in [5.41, 5.74) is 0.0459. The molecule has 1 fully saturated rings. The van der Waals surface area contributed by atoms with Crippen LogP contribution in [0.2, 0.25) is 0 Å². The summed E-state index contributed by atoms with van der Waals surface area (Å²) in [5.74, 6) is -0.360. The van der Waals surface area contributed by atoms with Gasteiger partial charge in [0.05, 0.1) is 16.4 Å². The second-order valence-corrected chi connectivity index (χ2v) is 7.17. The standard InChI is InChI=1S/C12H15FN2O4S/c13-11-5-9(1-2-12(11)15(16)17)6-14-7-10-3-4-20(18,19)8-10/h1-2,5,10,14H,3-4,6-8H2. The minimum Gasteiger partial charge on any atom is -0.312 e.